The summed E-state index contributed by atoms with van der Waals surface area (Å²) in [6, 6.07) is 9.43. The summed E-state index contributed by atoms with van der Waals surface area (Å²) in [6.45, 7) is 4.51. The second-order valence-electron chi connectivity index (χ2n) is 8.77. The van der Waals surface area contributed by atoms with Crippen molar-refractivity contribution >= 4 is 28.4 Å². The number of anilines is 1. The first-order valence-electron chi connectivity index (χ1n) is 11.9. The van der Waals surface area contributed by atoms with Crippen LogP contribution in [-0.4, -0.2) is 73.1 Å². The number of ether oxygens (including phenoxy) is 2. The van der Waals surface area contributed by atoms with Gasteiger partial charge in [-0.3, -0.25) is 9.59 Å². The van der Waals surface area contributed by atoms with E-state index in [1.807, 2.05) is 23.1 Å². The Kier molecular flexibility index (Phi) is 6.15. The van der Waals surface area contributed by atoms with Gasteiger partial charge in [0.2, 0.25) is 5.88 Å². The molecule has 2 amide bonds. The van der Waals surface area contributed by atoms with Crippen molar-refractivity contribution in [2.75, 3.05) is 45.3 Å². The molecule has 9 nitrogen and oxygen atoms in total. The van der Waals surface area contributed by atoms with Gasteiger partial charge in [-0.15, -0.1) is 0 Å². The summed E-state index contributed by atoms with van der Waals surface area (Å²) in [5, 5.41) is 3.52. The lowest BCUT2D eigenvalue weighted by molar-refractivity contribution is 0.0600. The quantitative estimate of drug-likeness (QED) is 0.620. The number of carbonyl (C=O) groups is 2. The number of rotatable bonds is 4. The fourth-order valence-corrected chi connectivity index (χ4v) is 4.84. The molecule has 4 heterocycles. The molecule has 0 radical (unpaired) electrons. The van der Waals surface area contributed by atoms with Crippen LogP contribution in [0.25, 0.3) is 10.9 Å². The van der Waals surface area contributed by atoms with Gasteiger partial charge in [0, 0.05) is 44.1 Å². The van der Waals surface area contributed by atoms with Crippen molar-refractivity contribution in [1.29, 1.82) is 0 Å². The molecule has 1 fully saturated rings. The first-order valence-corrected chi connectivity index (χ1v) is 11.9. The number of piperazine rings is 1. The number of aryl methyl sites for hydroxylation is 1. The van der Waals surface area contributed by atoms with E-state index in [4.69, 9.17) is 9.47 Å². The molecule has 2 aromatic heterocycles. The van der Waals surface area contributed by atoms with Crippen LogP contribution in [0.3, 0.4) is 0 Å². The normalized spacial score (nSPS) is 17.7. The summed E-state index contributed by atoms with van der Waals surface area (Å²) in [6.07, 6.45) is 3.25. The maximum atomic E-state index is 13.7. The summed E-state index contributed by atoms with van der Waals surface area (Å²) >= 11 is 0. The number of carbonyl (C=O) groups excluding carboxylic acids is 2. The van der Waals surface area contributed by atoms with E-state index < -0.39 is 0 Å². The lowest BCUT2D eigenvalue weighted by atomic mass is 10.0. The molecule has 1 atom stereocenters. The van der Waals surface area contributed by atoms with Gasteiger partial charge < -0.3 is 24.6 Å². The Balaban J connectivity index is 1.41. The van der Waals surface area contributed by atoms with Gasteiger partial charge in [0.05, 0.1) is 42.7 Å². The van der Waals surface area contributed by atoms with Gasteiger partial charge >= 0.3 is 0 Å². The van der Waals surface area contributed by atoms with Crippen LogP contribution >= 0.6 is 0 Å². The Labute approximate surface area is 204 Å². The number of fused-ring (bicyclic) bond motifs is 3. The number of hydrogen-bond donors (Lipinski definition) is 1. The SMILES string of the molecule is CCc1cc2cc3c(cc2nc1OC)C(=O)N1CCN(c2ccc(C(=O)NC)nc2)C[C@H]1CCO3. The summed E-state index contributed by atoms with van der Waals surface area (Å²) in [5.41, 5.74) is 3.58. The maximum Gasteiger partial charge on any atom is 0.269 e. The zero-order valence-corrected chi connectivity index (χ0v) is 20.2. The molecule has 0 saturated carbocycles. The fraction of sp³-hybridized carbons (Fsp3) is 0.385. The predicted octanol–water partition coefficient (Wildman–Crippen LogP) is 2.67. The van der Waals surface area contributed by atoms with Crippen LogP contribution in [0.4, 0.5) is 5.69 Å². The molecule has 35 heavy (non-hydrogen) atoms. The number of methoxy groups -OCH3 is 1. The van der Waals surface area contributed by atoms with Gasteiger partial charge in [-0.25, -0.2) is 9.97 Å². The smallest absolute Gasteiger partial charge is 0.269 e. The van der Waals surface area contributed by atoms with Crippen molar-refractivity contribution in [3.63, 3.8) is 0 Å². The number of nitrogens with one attached hydrogen (secondary N) is 1. The second kappa shape index (κ2) is 9.40. The molecule has 0 spiro atoms. The lowest BCUT2D eigenvalue weighted by Crippen LogP contribution is -2.56. The third kappa shape index (κ3) is 4.22. The monoisotopic (exact) mass is 475 g/mol. The minimum Gasteiger partial charge on any atom is -0.493 e. The number of amides is 2. The zero-order chi connectivity index (χ0) is 24.5. The van der Waals surface area contributed by atoms with Crippen molar-refractivity contribution in [3.8, 4) is 11.6 Å². The van der Waals surface area contributed by atoms with E-state index in [9.17, 15) is 9.59 Å². The minimum absolute atomic E-state index is 0.00340. The number of hydrogen-bond acceptors (Lipinski definition) is 7. The van der Waals surface area contributed by atoms with E-state index in [1.54, 1.807) is 26.4 Å². The van der Waals surface area contributed by atoms with Crippen molar-refractivity contribution in [1.82, 2.24) is 20.2 Å². The molecule has 3 aromatic rings. The third-order valence-electron chi connectivity index (χ3n) is 6.78. The van der Waals surface area contributed by atoms with Gasteiger partial charge in [0.1, 0.15) is 11.4 Å². The highest BCUT2D eigenvalue weighted by molar-refractivity contribution is 6.01. The van der Waals surface area contributed by atoms with Crippen molar-refractivity contribution in [3.05, 3.63) is 53.3 Å². The molecule has 5 rings (SSSR count). The molecule has 0 unspecified atom stereocenters. The van der Waals surface area contributed by atoms with Crippen LogP contribution in [0, 0.1) is 0 Å². The van der Waals surface area contributed by atoms with Crippen molar-refractivity contribution < 1.29 is 19.1 Å². The fourth-order valence-electron chi connectivity index (χ4n) is 4.84. The summed E-state index contributed by atoms with van der Waals surface area (Å²) in [7, 11) is 3.20. The molecule has 1 saturated heterocycles. The first kappa shape index (κ1) is 22.9. The summed E-state index contributed by atoms with van der Waals surface area (Å²) in [5.74, 6) is 0.932. The Bertz CT molecular complexity index is 1280. The highest BCUT2D eigenvalue weighted by Crippen LogP contribution is 2.33. The van der Waals surface area contributed by atoms with Gasteiger partial charge in [0.25, 0.3) is 11.8 Å². The standard InChI is InChI=1S/C26H29N5O4/c1-4-16-11-17-12-23-20(13-22(17)29-25(16)34-3)26(33)31-9-8-30(15-19(31)7-10-35-23)18-5-6-21(28-14-18)24(32)27-2/h5-6,11-14,19H,4,7-10,15H2,1-3H3,(H,27,32)/t19-/m1/s1. The Morgan fingerprint density at radius 1 is 1.26 bits per heavy atom. The maximum absolute atomic E-state index is 13.7. The number of pyridine rings is 2. The average Bonchev–Trinajstić information content (AvgIpc) is 2.90. The Hall–Kier alpha value is -3.88. The molecule has 0 bridgehead atoms. The Morgan fingerprint density at radius 2 is 2.11 bits per heavy atom. The van der Waals surface area contributed by atoms with E-state index in [0.717, 1.165) is 29.5 Å². The summed E-state index contributed by atoms with van der Waals surface area (Å²) < 4.78 is 11.6. The van der Waals surface area contributed by atoms with Crippen LogP contribution in [0.1, 0.15) is 39.8 Å². The molecule has 9 heteroatoms. The largest absolute Gasteiger partial charge is 0.493 e. The van der Waals surface area contributed by atoms with Crippen LogP contribution < -0.4 is 19.7 Å². The molecule has 2 aliphatic heterocycles. The first-order chi connectivity index (χ1) is 17.0. The van der Waals surface area contributed by atoms with Crippen LogP contribution in [0.5, 0.6) is 11.6 Å². The predicted molar refractivity (Wildman–Crippen MR) is 132 cm³/mol. The van der Waals surface area contributed by atoms with Gasteiger partial charge in [0.15, 0.2) is 0 Å². The van der Waals surface area contributed by atoms with E-state index in [1.165, 1.54) is 0 Å². The van der Waals surface area contributed by atoms with Crippen LogP contribution in [0.2, 0.25) is 0 Å². The van der Waals surface area contributed by atoms with E-state index in [0.29, 0.717) is 54.6 Å². The third-order valence-corrected chi connectivity index (χ3v) is 6.78. The zero-order valence-electron chi connectivity index (χ0n) is 20.2. The van der Waals surface area contributed by atoms with Crippen molar-refractivity contribution in [2.45, 2.75) is 25.8 Å². The number of aromatic nitrogens is 2. The van der Waals surface area contributed by atoms with Crippen LogP contribution in [-0.2, 0) is 6.42 Å². The van der Waals surface area contributed by atoms with Crippen LogP contribution in [0.15, 0.2) is 36.5 Å². The molecule has 0 aliphatic carbocycles. The minimum atomic E-state index is -0.214. The molecule has 1 N–H and O–H groups in total. The molecular formula is C26H29N5O4. The topological polar surface area (TPSA) is 96.9 Å². The van der Waals surface area contributed by atoms with Gasteiger partial charge in [-0.1, -0.05) is 6.92 Å². The van der Waals surface area contributed by atoms with Crippen molar-refractivity contribution in [2.24, 2.45) is 0 Å². The highest BCUT2D eigenvalue weighted by Gasteiger charge is 2.34. The summed E-state index contributed by atoms with van der Waals surface area (Å²) in [4.78, 5) is 38.5. The van der Waals surface area contributed by atoms with E-state index in [2.05, 4.69) is 33.2 Å². The average molecular weight is 476 g/mol. The Morgan fingerprint density at radius 3 is 2.83 bits per heavy atom. The number of nitrogens with zero attached hydrogens (tertiary/aromatic N) is 4. The van der Waals surface area contributed by atoms with E-state index >= 15 is 0 Å². The second-order valence-corrected chi connectivity index (χ2v) is 8.77. The number of benzene rings is 1. The van der Waals surface area contributed by atoms with E-state index in [-0.39, 0.29) is 17.9 Å². The highest BCUT2D eigenvalue weighted by atomic mass is 16.5. The molecule has 1 aromatic carbocycles. The van der Waals surface area contributed by atoms with Gasteiger partial charge in [-0.05, 0) is 36.8 Å². The van der Waals surface area contributed by atoms with Gasteiger partial charge in [-0.2, -0.15) is 0 Å². The molecule has 2 aliphatic rings. The lowest BCUT2D eigenvalue weighted by Gasteiger charge is -2.43. The molecular weight excluding hydrogens is 446 g/mol. The molecule has 182 valence electrons.